The molecule has 1 N–H and O–H groups in total. The molecule has 0 amide bonds. The lowest BCUT2D eigenvalue weighted by Gasteiger charge is -2.08. The van der Waals surface area contributed by atoms with E-state index in [4.69, 9.17) is 9.57 Å². The summed E-state index contributed by atoms with van der Waals surface area (Å²) in [5.41, 5.74) is 5.09. The van der Waals surface area contributed by atoms with Crippen LogP contribution in [0.2, 0.25) is 0 Å². The van der Waals surface area contributed by atoms with E-state index in [1.165, 1.54) is 6.20 Å². The quantitative estimate of drug-likeness (QED) is 0.478. The highest BCUT2D eigenvalue weighted by molar-refractivity contribution is 5.90. The lowest BCUT2D eigenvalue weighted by molar-refractivity contribution is 0.0218. The molecule has 2 rings (SSSR count). The van der Waals surface area contributed by atoms with Crippen molar-refractivity contribution < 1.29 is 14.4 Å². The van der Waals surface area contributed by atoms with Gasteiger partial charge in [0, 0.05) is 7.05 Å². The third kappa shape index (κ3) is 4.14. The average molecular weight is 289 g/mol. The Hall–Kier alpha value is -2.18. The Balaban J connectivity index is 1.88. The van der Waals surface area contributed by atoms with Gasteiger partial charge in [-0.05, 0) is 12.5 Å². The number of carbonyl (C=O) groups is 1. The minimum atomic E-state index is -0.370. The highest BCUT2D eigenvalue weighted by atomic mass is 16.6. The molecule has 0 aliphatic carbocycles. The Morgan fingerprint density at radius 1 is 1.33 bits per heavy atom. The van der Waals surface area contributed by atoms with Crippen molar-refractivity contribution in [2.24, 2.45) is 7.05 Å². The first-order valence-corrected chi connectivity index (χ1v) is 6.79. The molecule has 1 aromatic carbocycles. The largest absolute Gasteiger partial charge is 0.462 e. The number of carbonyl (C=O) groups excluding carboxylic acids is 1. The van der Waals surface area contributed by atoms with Crippen LogP contribution in [0.1, 0.15) is 28.5 Å². The minimum Gasteiger partial charge on any atom is -0.462 e. The summed E-state index contributed by atoms with van der Waals surface area (Å²) in [5.74, 6) is -0.370. The van der Waals surface area contributed by atoms with E-state index < -0.39 is 0 Å². The molecule has 1 aromatic heterocycles. The van der Waals surface area contributed by atoms with E-state index in [0.29, 0.717) is 25.3 Å². The van der Waals surface area contributed by atoms with Crippen molar-refractivity contribution in [3.05, 3.63) is 53.3 Å². The zero-order valence-electron chi connectivity index (χ0n) is 12.2. The van der Waals surface area contributed by atoms with E-state index in [2.05, 4.69) is 10.6 Å². The zero-order valence-corrected chi connectivity index (χ0v) is 12.2. The second-order valence-electron chi connectivity index (χ2n) is 4.44. The summed E-state index contributed by atoms with van der Waals surface area (Å²) >= 11 is 0. The molecule has 0 spiro atoms. The molecule has 6 nitrogen and oxygen atoms in total. The van der Waals surface area contributed by atoms with Crippen LogP contribution in [0.5, 0.6) is 0 Å². The molecule has 0 aliphatic rings. The Bertz CT molecular complexity index is 581. The van der Waals surface area contributed by atoms with Crippen molar-refractivity contribution in [2.75, 3.05) is 6.61 Å². The number of nitrogens with zero attached hydrogens (tertiary/aromatic N) is 2. The molecule has 1 heterocycles. The van der Waals surface area contributed by atoms with Crippen molar-refractivity contribution in [1.29, 1.82) is 0 Å². The summed E-state index contributed by atoms with van der Waals surface area (Å²) < 4.78 is 6.63. The fraction of sp³-hybridized carbons (Fsp3) is 0.333. The van der Waals surface area contributed by atoms with E-state index >= 15 is 0 Å². The van der Waals surface area contributed by atoms with Gasteiger partial charge >= 0.3 is 5.97 Å². The van der Waals surface area contributed by atoms with Crippen LogP contribution in [-0.2, 0) is 29.8 Å². The number of aryl methyl sites for hydroxylation is 1. The minimum absolute atomic E-state index is 0.338. The number of esters is 1. The van der Waals surface area contributed by atoms with Gasteiger partial charge in [0.1, 0.15) is 5.56 Å². The van der Waals surface area contributed by atoms with E-state index in [1.807, 2.05) is 30.3 Å². The summed E-state index contributed by atoms with van der Waals surface area (Å²) in [5, 5.41) is 4.08. The molecule has 112 valence electrons. The fourth-order valence-corrected chi connectivity index (χ4v) is 1.88. The molecule has 0 aliphatic heterocycles. The van der Waals surface area contributed by atoms with Crippen LogP contribution in [0.25, 0.3) is 0 Å². The van der Waals surface area contributed by atoms with E-state index in [-0.39, 0.29) is 5.97 Å². The van der Waals surface area contributed by atoms with Gasteiger partial charge in [0.15, 0.2) is 0 Å². The van der Waals surface area contributed by atoms with Crippen LogP contribution in [0.3, 0.4) is 0 Å². The third-order valence-corrected chi connectivity index (χ3v) is 2.98. The molecule has 0 saturated carbocycles. The van der Waals surface area contributed by atoms with Crippen molar-refractivity contribution >= 4 is 5.97 Å². The molecule has 0 radical (unpaired) electrons. The highest BCUT2D eigenvalue weighted by Crippen LogP contribution is 2.09. The maximum absolute atomic E-state index is 11.8. The van der Waals surface area contributed by atoms with Crippen molar-refractivity contribution in [3.8, 4) is 0 Å². The molecule has 0 bridgehead atoms. The maximum Gasteiger partial charge on any atom is 0.341 e. The SMILES string of the molecule is CCOC(=O)c1cnn(C)c1CNOCc1ccccc1. The van der Waals surface area contributed by atoms with Gasteiger partial charge in [-0.1, -0.05) is 30.3 Å². The third-order valence-electron chi connectivity index (χ3n) is 2.98. The van der Waals surface area contributed by atoms with E-state index in [1.54, 1.807) is 18.7 Å². The van der Waals surface area contributed by atoms with Gasteiger partial charge in [0.05, 0.1) is 31.6 Å². The van der Waals surface area contributed by atoms with Crippen LogP contribution >= 0.6 is 0 Å². The topological polar surface area (TPSA) is 65.4 Å². The smallest absolute Gasteiger partial charge is 0.341 e. The zero-order chi connectivity index (χ0) is 15.1. The molecule has 2 aromatic rings. The summed E-state index contributed by atoms with van der Waals surface area (Å²) in [6.07, 6.45) is 1.51. The van der Waals surface area contributed by atoms with Crippen molar-refractivity contribution in [2.45, 2.75) is 20.1 Å². The van der Waals surface area contributed by atoms with Gasteiger partial charge in [0.2, 0.25) is 0 Å². The molecule has 6 heteroatoms. The number of ether oxygens (including phenoxy) is 1. The second-order valence-corrected chi connectivity index (χ2v) is 4.44. The Morgan fingerprint density at radius 3 is 2.81 bits per heavy atom. The molecule has 0 atom stereocenters. The first-order chi connectivity index (χ1) is 10.2. The fourth-order valence-electron chi connectivity index (χ4n) is 1.88. The number of rotatable bonds is 7. The van der Waals surface area contributed by atoms with Crippen molar-refractivity contribution in [1.82, 2.24) is 15.3 Å². The van der Waals surface area contributed by atoms with Gasteiger partial charge in [0.25, 0.3) is 0 Å². The Morgan fingerprint density at radius 2 is 2.10 bits per heavy atom. The monoisotopic (exact) mass is 289 g/mol. The average Bonchev–Trinajstić information content (AvgIpc) is 2.86. The normalized spacial score (nSPS) is 10.6. The van der Waals surface area contributed by atoms with Gasteiger partial charge < -0.3 is 4.74 Å². The highest BCUT2D eigenvalue weighted by Gasteiger charge is 2.16. The number of benzene rings is 1. The summed E-state index contributed by atoms with van der Waals surface area (Å²) in [4.78, 5) is 17.2. The number of hydrogen-bond donors (Lipinski definition) is 1. The summed E-state index contributed by atoms with van der Waals surface area (Å²) in [7, 11) is 1.77. The predicted octanol–water partition coefficient (Wildman–Crippen LogP) is 1.82. The van der Waals surface area contributed by atoms with Gasteiger partial charge in [-0.15, -0.1) is 0 Å². The number of nitrogens with one attached hydrogen (secondary N) is 1. The van der Waals surface area contributed by atoms with Crippen LogP contribution in [0, 0.1) is 0 Å². The standard InChI is InChI=1S/C15H19N3O3/c1-3-20-15(19)13-9-16-18(2)14(13)10-17-21-11-12-7-5-4-6-8-12/h4-9,17H,3,10-11H2,1-2H3. The molecular formula is C15H19N3O3. The number of aromatic nitrogens is 2. The van der Waals surface area contributed by atoms with E-state index in [0.717, 1.165) is 11.3 Å². The molecule has 0 unspecified atom stereocenters. The van der Waals surface area contributed by atoms with Crippen LogP contribution in [0.4, 0.5) is 0 Å². The second kappa shape index (κ2) is 7.56. The van der Waals surface area contributed by atoms with Crippen LogP contribution in [-0.4, -0.2) is 22.4 Å². The molecule has 0 fully saturated rings. The Labute approximate surface area is 123 Å². The summed E-state index contributed by atoms with van der Waals surface area (Å²) in [6, 6.07) is 9.83. The summed E-state index contributed by atoms with van der Waals surface area (Å²) in [6.45, 7) is 2.94. The van der Waals surface area contributed by atoms with Crippen molar-refractivity contribution in [3.63, 3.8) is 0 Å². The number of hydroxylamine groups is 1. The number of hydrogen-bond acceptors (Lipinski definition) is 5. The lowest BCUT2D eigenvalue weighted by atomic mass is 10.2. The first kappa shape index (κ1) is 15.2. The predicted molar refractivity (Wildman–Crippen MR) is 77.2 cm³/mol. The molecule has 0 saturated heterocycles. The van der Waals surface area contributed by atoms with Crippen LogP contribution < -0.4 is 5.48 Å². The first-order valence-electron chi connectivity index (χ1n) is 6.79. The molecular weight excluding hydrogens is 270 g/mol. The maximum atomic E-state index is 11.8. The van der Waals surface area contributed by atoms with E-state index in [9.17, 15) is 4.79 Å². The van der Waals surface area contributed by atoms with Gasteiger partial charge in [-0.25, -0.2) is 4.79 Å². The van der Waals surface area contributed by atoms with Gasteiger partial charge in [-0.2, -0.15) is 10.6 Å². The van der Waals surface area contributed by atoms with Crippen LogP contribution in [0.15, 0.2) is 36.5 Å². The lowest BCUT2D eigenvalue weighted by Crippen LogP contribution is -2.19. The molecule has 21 heavy (non-hydrogen) atoms. The Kier molecular flexibility index (Phi) is 5.48. The van der Waals surface area contributed by atoms with Gasteiger partial charge in [-0.3, -0.25) is 9.52 Å².